The van der Waals surface area contributed by atoms with Crippen LogP contribution in [0, 0.1) is 0 Å². The van der Waals surface area contributed by atoms with Gasteiger partial charge in [0.25, 0.3) is 5.56 Å². The van der Waals surface area contributed by atoms with E-state index in [1.165, 1.54) is 23.3 Å². The first kappa shape index (κ1) is 12.6. The lowest BCUT2D eigenvalue weighted by Crippen LogP contribution is -2.36. The van der Waals surface area contributed by atoms with Crippen molar-refractivity contribution in [3.63, 3.8) is 0 Å². The SMILES string of the molecule is Cn1c(=O)c2[nH]c(-n3nc(N)nc3Br)nc2n(C)c1=O. The number of anilines is 1. The predicted octanol–water partition coefficient (Wildman–Crippen LogP) is -1.11. The van der Waals surface area contributed by atoms with E-state index < -0.39 is 11.2 Å². The van der Waals surface area contributed by atoms with Gasteiger partial charge in [-0.15, -0.1) is 5.10 Å². The number of fused-ring (bicyclic) bond motifs is 1. The number of hydrogen-bond donors (Lipinski definition) is 2. The van der Waals surface area contributed by atoms with Crippen LogP contribution in [-0.2, 0) is 14.1 Å². The summed E-state index contributed by atoms with van der Waals surface area (Å²) in [5, 5.41) is 3.93. The summed E-state index contributed by atoms with van der Waals surface area (Å²) in [6, 6.07) is 0. The van der Waals surface area contributed by atoms with E-state index in [1.54, 1.807) is 0 Å². The van der Waals surface area contributed by atoms with Gasteiger partial charge in [-0.1, -0.05) is 0 Å². The van der Waals surface area contributed by atoms with Crippen LogP contribution in [0.25, 0.3) is 17.1 Å². The lowest BCUT2D eigenvalue weighted by molar-refractivity contribution is 0.708. The molecule has 0 atom stereocenters. The standard InChI is InChI=1S/C9H9BrN8O2/c1-16-4-3(5(19)17(2)9(16)20)12-8(13-4)18-6(10)14-7(11)15-18/h1-2H3,(H2,11,15)(H,12,13). The van der Waals surface area contributed by atoms with Gasteiger partial charge in [0, 0.05) is 14.1 Å². The van der Waals surface area contributed by atoms with E-state index in [4.69, 9.17) is 5.73 Å². The highest BCUT2D eigenvalue weighted by Gasteiger charge is 2.16. The van der Waals surface area contributed by atoms with Gasteiger partial charge in [-0.25, -0.2) is 4.79 Å². The van der Waals surface area contributed by atoms with Crippen molar-refractivity contribution in [2.45, 2.75) is 0 Å². The minimum Gasteiger partial charge on any atom is -0.366 e. The molecule has 11 heteroatoms. The van der Waals surface area contributed by atoms with Crippen LogP contribution in [0.15, 0.2) is 14.3 Å². The van der Waals surface area contributed by atoms with Gasteiger partial charge in [0.15, 0.2) is 11.2 Å². The number of nitrogen functional groups attached to an aromatic ring is 1. The molecule has 10 nitrogen and oxygen atoms in total. The Hall–Kier alpha value is -2.43. The molecule has 3 heterocycles. The Balaban J connectivity index is 2.40. The Kier molecular flexibility index (Phi) is 2.54. The Bertz CT molecular complexity index is 945. The van der Waals surface area contributed by atoms with Gasteiger partial charge in [0.05, 0.1) is 0 Å². The second-order valence-corrected chi connectivity index (χ2v) is 4.82. The van der Waals surface area contributed by atoms with Crippen molar-refractivity contribution >= 4 is 33.0 Å². The van der Waals surface area contributed by atoms with E-state index >= 15 is 0 Å². The fourth-order valence-electron chi connectivity index (χ4n) is 1.86. The summed E-state index contributed by atoms with van der Waals surface area (Å²) in [5.41, 5.74) is 4.99. The minimum absolute atomic E-state index is 0.0547. The molecule has 3 aromatic heterocycles. The van der Waals surface area contributed by atoms with Crippen molar-refractivity contribution < 1.29 is 0 Å². The summed E-state index contributed by atoms with van der Waals surface area (Å²) >= 11 is 3.17. The van der Waals surface area contributed by atoms with Crippen LogP contribution in [0.4, 0.5) is 5.95 Å². The lowest BCUT2D eigenvalue weighted by atomic mass is 10.5. The molecule has 0 radical (unpaired) electrons. The molecule has 0 fully saturated rings. The summed E-state index contributed by atoms with van der Waals surface area (Å²) in [6.07, 6.45) is 0. The van der Waals surface area contributed by atoms with E-state index in [2.05, 4.69) is 36.0 Å². The number of nitrogens with zero attached hydrogens (tertiary/aromatic N) is 6. The first-order chi connectivity index (χ1) is 9.40. The van der Waals surface area contributed by atoms with E-state index in [0.29, 0.717) is 4.73 Å². The Morgan fingerprint density at radius 3 is 2.50 bits per heavy atom. The highest BCUT2D eigenvalue weighted by molar-refractivity contribution is 9.10. The molecule has 0 aliphatic heterocycles. The highest BCUT2D eigenvalue weighted by atomic mass is 79.9. The summed E-state index contributed by atoms with van der Waals surface area (Å²) in [4.78, 5) is 34.7. The number of nitrogens with one attached hydrogen (secondary N) is 1. The molecule has 0 spiro atoms. The number of nitrogens with two attached hydrogens (primary N) is 1. The average Bonchev–Trinajstić information content (AvgIpc) is 2.97. The number of aryl methyl sites for hydroxylation is 1. The second-order valence-electron chi connectivity index (χ2n) is 4.12. The quantitative estimate of drug-likeness (QED) is 0.577. The van der Waals surface area contributed by atoms with Crippen LogP contribution in [0.3, 0.4) is 0 Å². The zero-order valence-electron chi connectivity index (χ0n) is 10.5. The van der Waals surface area contributed by atoms with Crippen molar-refractivity contribution in [2.24, 2.45) is 14.1 Å². The number of rotatable bonds is 1. The van der Waals surface area contributed by atoms with Gasteiger partial charge in [-0.2, -0.15) is 14.6 Å². The molecular weight excluding hydrogens is 332 g/mol. The van der Waals surface area contributed by atoms with Gasteiger partial charge < -0.3 is 10.7 Å². The minimum atomic E-state index is -0.467. The third-order valence-corrected chi connectivity index (χ3v) is 3.38. The lowest BCUT2D eigenvalue weighted by Gasteiger charge is -2.00. The highest BCUT2D eigenvalue weighted by Crippen LogP contribution is 2.14. The molecule has 0 aliphatic carbocycles. The second kappa shape index (κ2) is 4.03. The molecule has 3 aromatic rings. The number of aromatic amines is 1. The van der Waals surface area contributed by atoms with Crippen LogP contribution >= 0.6 is 15.9 Å². The predicted molar refractivity (Wildman–Crippen MR) is 73.6 cm³/mol. The molecule has 0 saturated carbocycles. The van der Waals surface area contributed by atoms with Gasteiger partial charge in [0.1, 0.15) is 0 Å². The molecule has 0 saturated heterocycles. The third kappa shape index (κ3) is 1.59. The fourth-order valence-corrected chi connectivity index (χ4v) is 2.29. The number of hydrogen-bond acceptors (Lipinski definition) is 6. The maximum absolute atomic E-state index is 12.0. The number of H-pyrrole nitrogens is 1. The summed E-state index contributed by atoms with van der Waals surface area (Å²) in [5.74, 6) is 0.286. The van der Waals surface area contributed by atoms with Gasteiger partial charge >= 0.3 is 5.69 Å². The summed E-state index contributed by atoms with van der Waals surface area (Å²) in [6.45, 7) is 0. The van der Waals surface area contributed by atoms with E-state index in [9.17, 15) is 9.59 Å². The van der Waals surface area contributed by atoms with Crippen LogP contribution in [0.2, 0.25) is 0 Å². The molecule has 0 bridgehead atoms. The average molecular weight is 341 g/mol. The number of aromatic nitrogens is 7. The van der Waals surface area contributed by atoms with Crippen LogP contribution in [0.5, 0.6) is 0 Å². The topological polar surface area (TPSA) is 129 Å². The van der Waals surface area contributed by atoms with Gasteiger partial charge in [0.2, 0.25) is 16.6 Å². The Morgan fingerprint density at radius 2 is 1.90 bits per heavy atom. The van der Waals surface area contributed by atoms with E-state index in [0.717, 1.165) is 4.57 Å². The van der Waals surface area contributed by atoms with E-state index in [1.807, 2.05) is 0 Å². The normalized spacial score (nSPS) is 11.3. The van der Waals surface area contributed by atoms with Gasteiger partial charge in [-0.05, 0) is 15.9 Å². The Labute approximate surface area is 119 Å². The summed E-state index contributed by atoms with van der Waals surface area (Å²) in [7, 11) is 2.92. The zero-order valence-corrected chi connectivity index (χ0v) is 12.0. The van der Waals surface area contributed by atoms with Gasteiger partial charge in [-0.3, -0.25) is 13.9 Å². The summed E-state index contributed by atoms with van der Waals surface area (Å²) < 4.78 is 3.88. The molecule has 104 valence electrons. The van der Waals surface area contributed by atoms with Crippen molar-refractivity contribution in [3.8, 4) is 5.95 Å². The van der Waals surface area contributed by atoms with Crippen molar-refractivity contribution in [1.29, 1.82) is 0 Å². The van der Waals surface area contributed by atoms with Crippen LogP contribution in [-0.4, -0.2) is 33.9 Å². The molecular formula is C9H9BrN8O2. The van der Waals surface area contributed by atoms with Crippen LogP contribution < -0.4 is 17.0 Å². The van der Waals surface area contributed by atoms with Crippen molar-refractivity contribution in [1.82, 2.24) is 33.9 Å². The van der Waals surface area contributed by atoms with Crippen molar-refractivity contribution in [3.05, 3.63) is 25.6 Å². The number of imidazole rings is 1. The molecule has 3 N–H and O–H groups in total. The molecule has 20 heavy (non-hydrogen) atoms. The first-order valence-corrected chi connectivity index (χ1v) is 6.23. The smallest absolute Gasteiger partial charge is 0.332 e. The van der Waals surface area contributed by atoms with Crippen LogP contribution in [0.1, 0.15) is 0 Å². The molecule has 0 unspecified atom stereocenters. The molecule has 0 aliphatic rings. The Morgan fingerprint density at radius 1 is 1.20 bits per heavy atom. The maximum Gasteiger partial charge on any atom is 0.332 e. The largest absolute Gasteiger partial charge is 0.366 e. The molecule has 3 rings (SSSR count). The van der Waals surface area contributed by atoms with Crippen molar-refractivity contribution in [2.75, 3.05) is 5.73 Å². The third-order valence-electron chi connectivity index (χ3n) is 2.87. The monoisotopic (exact) mass is 340 g/mol. The maximum atomic E-state index is 12.0. The molecule has 0 amide bonds. The zero-order chi connectivity index (χ0) is 14.6. The first-order valence-electron chi connectivity index (χ1n) is 5.44. The molecule has 0 aromatic carbocycles. The fraction of sp³-hybridized carbons (Fsp3) is 0.222. The van der Waals surface area contributed by atoms with E-state index in [-0.39, 0.29) is 23.1 Å². The number of halogens is 1.